The molecule has 2 rings (SSSR count). The van der Waals surface area contributed by atoms with Crippen LogP contribution < -0.4 is 9.64 Å². The summed E-state index contributed by atoms with van der Waals surface area (Å²) in [5.41, 5.74) is 0.270. The zero-order chi connectivity index (χ0) is 13.0. The maximum absolute atomic E-state index is 8.93. The zero-order valence-corrected chi connectivity index (χ0v) is 10.3. The summed E-state index contributed by atoms with van der Waals surface area (Å²) in [6, 6.07) is 11.4. The Labute approximate surface area is 105 Å². The molecular formula is C13H13N3O2. The van der Waals surface area contributed by atoms with E-state index >= 15 is 0 Å². The van der Waals surface area contributed by atoms with Crippen LogP contribution in [0.2, 0.25) is 0 Å². The third-order valence-corrected chi connectivity index (χ3v) is 2.27. The van der Waals surface area contributed by atoms with Gasteiger partial charge in [0.1, 0.15) is 11.8 Å². The first kappa shape index (κ1) is 12.0. The Balaban J connectivity index is 2.09. The summed E-state index contributed by atoms with van der Waals surface area (Å²) in [7, 11) is 3.59. The van der Waals surface area contributed by atoms with Gasteiger partial charge in [-0.25, -0.2) is 0 Å². The molecule has 0 saturated heterocycles. The van der Waals surface area contributed by atoms with Gasteiger partial charge in [-0.15, -0.1) is 0 Å². The van der Waals surface area contributed by atoms with Crippen LogP contribution in [-0.4, -0.2) is 19.1 Å². The van der Waals surface area contributed by atoms with Crippen molar-refractivity contribution in [2.24, 2.45) is 0 Å². The Morgan fingerprint density at radius 3 is 2.61 bits per heavy atom. The minimum Gasteiger partial charge on any atom is -0.484 e. The molecule has 1 aromatic carbocycles. The van der Waals surface area contributed by atoms with Crippen LogP contribution in [0.25, 0.3) is 0 Å². The molecule has 0 atom stereocenters. The van der Waals surface area contributed by atoms with Gasteiger partial charge in [-0.1, -0.05) is 18.2 Å². The van der Waals surface area contributed by atoms with Crippen molar-refractivity contribution in [3.05, 3.63) is 41.9 Å². The van der Waals surface area contributed by atoms with Crippen LogP contribution in [0.1, 0.15) is 11.6 Å². The molecule has 0 spiro atoms. The van der Waals surface area contributed by atoms with E-state index in [0.29, 0.717) is 11.8 Å². The molecule has 0 unspecified atom stereocenters. The highest BCUT2D eigenvalue weighted by atomic mass is 16.5. The second-order valence-corrected chi connectivity index (χ2v) is 3.87. The second kappa shape index (κ2) is 5.23. The maximum atomic E-state index is 8.93. The molecule has 18 heavy (non-hydrogen) atoms. The Bertz CT molecular complexity index is 555. The number of rotatable bonds is 4. The molecule has 5 nitrogen and oxygen atoms in total. The van der Waals surface area contributed by atoms with Crippen LogP contribution in [0, 0.1) is 11.3 Å². The van der Waals surface area contributed by atoms with Gasteiger partial charge in [0.05, 0.1) is 0 Å². The van der Waals surface area contributed by atoms with Crippen molar-refractivity contribution in [1.29, 1.82) is 5.26 Å². The average Bonchev–Trinajstić information content (AvgIpc) is 2.81. The number of nitrogens with zero attached hydrogens (tertiary/aromatic N) is 3. The third-order valence-electron chi connectivity index (χ3n) is 2.27. The van der Waals surface area contributed by atoms with Gasteiger partial charge in [-0.3, -0.25) is 0 Å². The van der Waals surface area contributed by atoms with Crippen molar-refractivity contribution in [1.82, 2.24) is 4.98 Å². The number of anilines is 1. The fourth-order valence-corrected chi connectivity index (χ4v) is 1.45. The van der Waals surface area contributed by atoms with Crippen LogP contribution in [0.4, 0.5) is 5.88 Å². The molecule has 2 aromatic rings. The molecular weight excluding hydrogens is 230 g/mol. The number of benzene rings is 1. The number of hydrogen-bond acceptors (Lipinski definition) is 5. The van der Waals surface area contributed by atoms with Crippen molar-refractivity contribution in [2.75, 3.05) is 19.0 Å². The topological polar surface area (TPSA) is 62.3 Å². The summed E-state index contributed by atoms with van der Waals surface area (Å²) in [4.78, 5) is 5.78. The fraction of sp³-hybridized carbons (Fsp3) is 0.231. The lowest BCUT2D eigenvalue weighted by molar-refractivity contribution is 0.264. The molecule has 92 valence electrons. The largest absolute Gasteiger partial charge is 0.484 e. The van der Waals surface area contributed by atoms with Gasteiger partial charge in [0.2, 0.25) is 17.5 Å². The molecule has 0 aliphatic carbocycles. The molecule has 0 aliphatic rings. The van der Waals surface area contributed by atoms with Crippen LogP contribution in [0.5, 0.6) is 5.75 Å². The van der Waals surface area contributed by atoms with Gasteiger partial charge in [0, 0.05) is 14.1 Å². The lowest BCUT2D eigenvalue weighted by Crippen LogP contribution is -2.08. The van der Waals surface area contributed by atoms with E-state index < -0.39 is 0 Å². The first-order valence-electron chi connectivity index (χ1n) is 5.45. The highest BCUT2D eigenvalue weighted by Gasteiger charge is 2.14. The summed E-state index contributed by atoms with van der Waals surface area (Å²) >= 11 is 0. The summed E-state index contributed by atoms with van der Waals surface area (Å²) in [5.74, 6) is 1.57. The number of para-hydroxylation sites is 1. The Kier molecular flexibility index (Phi) is 3.49. The van der Waals surface area contributed by atoms with Crippen LogP contribution in [0.15, 0.2) is 34.7 Å². The Morgan fingerprint density at radius 1 is 1.33 bits per heavy atom. The van der Waals surface area contributed by atoms with Gasteiger partial charge in [-0.05, 0) is 12.1 Å². The quantitative estimate of drug-likeness (QED) is 0.823. The van der Waals surface area contributed by atoms with Gasteiger partial charge >= 0.3 is 0 Å². The van der Waals surface area contributed by atoms with Crippen molar-refractivity contribution in [3.8, 4) is 11.8 Å². The number of oxazole rings is 1. The SMILES string of the molecule is CN(C)c1oc(COc2ccccc2)nc1C#N. The monoisotopic (exact) mass is 243 g/mol. The van der Waals surface area contributed by atoms with Crippen molar-refractivity contribution < 1.29 is 9.15 Å². The number of hydrogen-bond donors (Lipinski definition) is 0. The van der Waals surface area contributed by atoms with E-state index in [0.717, 1.165) is 5.75 Å². The predicted octanol–water partition coefficient (Wildman–Crippen LogP) is 2.19. The van der Waals surface area contributed by atoms with E-state index in [9.17, 15) is 0 Å². The summed E-state index contributed by atoms with van der Waals surface area (Å²) in [6.07, 6.45) is 0. The van der Waals surface area contributed by atoms with Gasteiger partial charge < -0.3 is 14.1 Å². The van der Waals surface area contributed by atoms with E-state index in [1.165, 1.54) is 0 Å². The third kappa shape index (κ3) is 2.61. The van der Waals surface area contributed by atoms with Crippen molar-refractivity contribution in [3.63, 3.8) is 0 Å². The van der Waals surface area contributed by atoms with E-state index in [1.807, 2.05) is 36.4 Å². The Hall–Kier alpha value is -2.48. The molecule has 5 heteroatoms. The maximum Gasteiger partial charge on any atom is 0.236 e. The molecule has 0 saturated carbocycles. The molecule has 1 heterocycles. The first-order valence-corrected chi connectivity index (χ1v) is 5.45. The predicted molar refractivity (Wildman–Crippen MR) is 66.3 cm³/mol. The fourth-order valence-electron chi connectivity index (χ4n) is 1.45. The second-order valence-electron chi connectivity index (χ2n) is 3.87. The van der Waals surface area contributed by atoms with Crippen molar-refractivity contribution in [2.45, 2.75) is 6.61 Å². The molecule has 0 radical (unpaired) electrons. The minimum absolute atomic E-state index is 0.201. The summed E-state index contributed by atoms with van der Waals surface area (Å²) in [6.45, 7) is 0.201. The standard InChI is InChI=1S/C13H13N3O2/c1-16(2)13-11(8-14)15-12(18-13)9-17-10-6-4-3-5-7-10/h3-7H,9H2,1-2H3. The van der Waals surface area contributed by atoms with E-state index in [-0.39, 0.29) is 12.3 Å². The van der Waals surface area contributed by atoms with E-state index in [4.69, 9.17) is 14.4 Å². The normalized spacial score (nSPS) is 9.83. The molecule has 0 fully saturated rings. The van der Waals surface area contributed by atoms with Crippen LogP contribution in [-0.2, 0) is 6.61 Å². The van der Waals surface area contributed by atoms with Gasteiger partial charge in [0.15, 0.2) is 6.61 Å². The molecule has 0 amide bonds. The molecule has 0 aliphatic heterocycles. The number of nitriles is 1. The highest BCUT2D eigenvalue weighted by Crippen LogP contribution is 2.20. The minimum atomic E-state index is 0.201. The number of aromatic nitrogens is 1. The smallest absolute Gasteiger partial charge is 0.236 e. The van der Waals surface area contributed by atoms with Crippen LogP contribution >= 0.6 is 0 Å². The van der Waals surface area contributed by atoms with Crippen LogP contribution in [0.3, 0.4) is 0 Å². The molecule has 1 aromatic heterocycles. The van der Waals surface area contributed by atoms with Crippen molar-refractivity contribution >= 4 is 5.88 Å². The number of ether oxygens (including phenoxy) is 1. The summed E-state index contributed by atoms with van der Waals surface area (Å²) < 4.78 is 11.0. The van der Waals surface area contributed by atoms with Gasteiger partial charge in [0.25, 0.3) is 0 Å². The van der Waals surface area contributed by atoms with Gasteiger partial charge in [-0.2, -0.15) is 10.2 Å². The summed E-state index contributed by atoms with van der Waals surface area (Å²) in [5, 5.41) is 8.93. The molecule has 0 bridgehead atoms. The van der Waals surface area contributed by atoms with E-state index in [2.05, 4.69) is 4.98 Å². The highest BCUT2D eigenvalue weighted by molar-refractivity contribution is 5.46. The molecule has 0 N–H and O–H groups in total. The van der Waals surface area contributed by atoms with E-state index in [1.54, 1.807) is 19.0 Å². The lowest BCUT2D eigenvalue weighted by Gasteiger charge is -2.06. The average molecular weight is 243 g/mol. The first-order chi connectivity index (χ1) is 8.70. The lowest BCUT2D eigenvalue weighted by atomic mass is 10.3. The zero-order valence-electron chi connectivity index (χ0n) is 10.3. The Morgan fingerprint density at radius 2 is 2.06 bits per heavy atom.